The van der Waals surface area contributed by atoms with Crippen molar-refractivity contribution in [1.82, 2.24) is 5.43 Å². The van der Waals surface area contributed by atoms with Crippen LogP contribution in [0.2, 0.25) is 5.02 Å². The Hall–Kier alpha value is -1.66. The quantitative estimate of drug-likeness (QED) is 0.446. The molecule has 1 aromatic carbocycles. The maximum atomic E-state index is 6.95. The Morgan fingerprint density at radius 3 is 2.61 bits per heavy atom. The molecule has 0 spiro atoms. The van der Waals surface area contributed by atoms with E-state index in [9.17, 15) is 0 Å². The number of rotatable bonds is 4. The monoisotopic (exact) mass is 292 g/mol. The van der Waals surface area contributed by atoms with Crippen molar-refractivity contribution in [3.8, 4) is 11.5 Å². The molecule has 1 rings (SSSR count). The van der Waals surface area contributed by atoms with Crippen molar-refractivity contribution in [3.63, 3.8) is 0 Å². The minimum Gasteiger partial charge on any atom is -0.493 e. The van der Waals surface area contributed by atoms with Gasteiger partial charge in [0.25, 0.3) is 0 Å². The second-order valence-electron chi connectivity index (χ2n) is 3.01. The molecule has 8 heteroatoms. The van der Waals surface area contributed by atoms with Gasteiger partial charge in [-0.3, -0.25) is 5.41 Å². The first-order chi connectivity index (χ1) is 8.08. The lowest BCUT2D eigenvalue weighted by Crippen LogP contribution is -2.25. The summed E-state index contributed by atoms with van der Waals surface area (Å²) in [5, 5.41) is 11.2. The molecule has 6 nitrogen and oxygen atoms in total. The molecule has 0 amide bonds. The molecule has 0 bridgehead atoms. The fourth-order valence-electron chi connectivity index (χ4n) is 1.23. The Bertz CT molecular complexity index is 452. The third-order valence-electron chi connectivity index (χ3n) is 1.86. The molecular formula is C10H14Cl2N4O2. The SMILES string of the molecule is COc1cc(Cl)cc(/C=N/NC(=N)N)c1OC.Cl. The number of benzene rings is 1. The first-order valence-electron chi connectivity index (χ1n) is 4.63. The van der Waals surface area contributed by atoms with Gasteiger partial charge in [-0.15, -0.1) is 12.4 Å². The van der Waals surface area contributed by atoms with Crippen molar-refractivity contribution in [1.29, 1.82) is 5.41 Å². The van der Waals surface area contributed by atoms with Crippen molar-refractivity contribution >= 4 is 36.2 Å². The van der Waals surface area contributed by atoms with Gasteiger partial charge in [-0.05, 0) is 6.07 Å². The zero-order chi connectivity index (χ0) is 12.8. The summed E-state index contributed by atoms with van der Waals surface area (Å²) in [5.74, 6) is 0.754. The predicted molar refractivity (Wildman–Crippen MR) is 74.4 cm³/mol. The zero-order valence-corrected chi connectivity index (χ0v) is 11.4. The fraction of sp³-hybridized carbons (Fsp3) is 0.200. The molecule has 18 heavy (non-hydrogen) atoms. The smallest absolute Gasteiger partial charge is 0.206 e. The lowest BCUT2D eigenvalue weighted by atomic mass is 10.2. The molecule has 0 aliphatic rings. The second-order valence-corrected chi connectivity index (χ2v) is 3.45. The Labute approximate surface area is 116 Å². The Morgan fingerprint density at radius 1 is 1.44 bits per heavy atom. The number of hydrogen-bond acceptors (Lipinski definition) is 4. The summed E-state index contributed by atoms with van der Waals surface area (Å²) >= 11 is 5.91. The molecule has 0 radical (unpaired) electrons. The lowest BCUT2D eigenvalue weighted by Gasteiger charge is -2.10. The van der Waals surface area contributed by atoms with E-state index in [2.05, 4.69) is 10.5 Å². The van der Waals surface area contributed by atoms with E-state index >= 15 is 0 Å². The molecule has 100 valence electrons. The summed E-state index contributed by atoms with van der Waals surface area (Å²) in [4.78, 5) is 0. The molecule has 0 aromatic heterocycles. The number of hydrazone groups is 1. The summed E-state index contributed by atoms with van der Waals surface area (Å²) in [6.45, 7) is 0. The van der Waals surface area contributed by atoms with Crippen molar-refractivity contribution < 1.29 is 9.47 Å². The summed E-state index contributed by atoms with van der Waals surface area (Å²) in [5.41, 5.74) is 8.00. The maximum Gasteiger partial charge on any atom is 0.206 e. The van der Waals surface area contributed by atoms with Crippen LogP contribution in [0, 0.1) is 5.41 Å². The summed E-state index contributed by atoms with van der Waals surface area (Å²) in [6, 6.07) is 3.30. The first-order valence-corrected chi connectivity index (χ1v) is 5.01. The lowest BCUT2D eigenvalue weighted by molar-refractivity contribution is 0.354. The fourth-order valence-corrected chi connectivity index (χ4v) is 1.44. The highest BCUT2D eigenvalue weighted by Crippen LogP contribution is 2.33. The normalized spacial score (nSPS) is 9.72. The molecule has 0 unspecified atom stereocenters. The highest BCUT2D eigenvalue weighted by molar-refractivity contribution is 6.31. The van der Waals surface area contributed by atoms with Crippen LogP contribution in [0.25, 0.3) is 0 Å². The van der Waals surface area contributed by atoms with E-state index in [1.165, 1.54) is 20.4 Å². The molecule has 0 saturated carbocycles. The topological polar surface area (TPSA) is 92.7 Å². The number of nitrogens with zero attached hydrogens (tertiary/aromatic N) is 1. The van der Waals surface area contributed by atoms with Gasteiger partial charge in [-0.2, -0.15) is 5.10 Å². The predicted octanol–water partition coefficient (Wildman–Crippen LogP) is 1.60. The molecule has 0 atom stereocenters. The van der Waals surface area contributed by atoms with E-state index in [4.69, 9.17) is 32.2 Å². The van der Waals surface area contributed by atoms with Crippen LogP contribution < -0.4 is 20.6 Å². The number of halogens is 2. The average Bonchev–Trinajstić information content (AvgIpc) is 2.27. The van der Waals surface area contributed by atoms with Crippen LogP contribution >= 0.6 is 24.0 Å². The van der Waals surface area contributed by atoms with Crippen molar-refractivity contribution in [2.45, 2.75) is 0 Å². The van der Waals surface area contributed by atoms with E-state index in [1.807, 2.05) is 0 Å². The Balaban J connectivity index is 0.00000289. The minimum atomic E-state index is -0.255. The molecule has 4 N–H and O–H groups in total. The number of nitrogens with one attached hydrogen (secondary N) is 2. The Kier molecular flexibility index (Phi) is 6.92. The third kappa shape index (κ3) is 4.31. The van der Waals surface area contributed by atoms with Gasteiger partial charge in [-0.25, -0.2) is 5.43 Å². The largest absolute Gasteiger partial charge is 0.493 e. The highest BCUT2D eigenvalue weighted by Gasteiger charge is 2.10. The Morgan fingerprint density at radius 2 is 2.11 bits per heavy atom. The van der Waals surface area contributed by atoms with Crippen molar-refractivity contribution in [3.05, 3.63) is 22.7 Å². The molecule has 0 fully saturated rings. The number of methoxy groups -OCH3 is 2. The summed E-state index contributed by atoms with van der Waals surface area (Å²) in [7, 11) is 3.03. The van der Waals surface area contributed by atoms with Gasteiger partial charge in [0.15, 0.2) is 11.5 Å². The maximum absolute atomic E-state index is 6.95. The van der Waals surface area contributed by atoms with Crippen LogP contribution in [0.1, 0.15) is 5.56 Å². The van der Waals surface area contributed by atoms with E-state index in [1.54, 1.807) is 12.1 Å². The van der Waals surface area contributed by atoms with Gasteiger partial charge in [0, 0.05) is 16.7 Å². The molecule has 0 heterocycles. The first kappa shape index (κ1) is 16.3. The molecule has 1 aromatic rings. The van der Waals surface area contributed by atoms with E-state index in [0.717, 1.165) is 0 Å². The van der Waals surface area contributed by atoms with Gasteiger partial charge in [0.1, 0.15) is 0 Å². The van der Waals surface area contributed by atoms with E-state index < -0.39 is 0 Å². The number of nitrogens with two attached hydrogens (primary N) is 1. The van der Waals surface area contributed by atoms with Crippen LogP contribution in [0.5, 0.6) is 11.5 Å². The van der Waals surface area contributed by atoms with Crippen LogP contribution in [0.4, 0.5) is 0 Å². The zero-order valence-electron chi connectivity index (χ0n) is 9.86. The van der Waals surface area contributed by atoms with Crippen molar-refractivity contribution in [2.24, 2.45) is 10.8 Å². The van der Waals surface area contributed by atoms with Gasteiger partial charge >= 0.3 is 0 Å². The van der Waals surface area contributed by atoms with Crippen LogP contribution in [-0.2, 0) is 0 Å². The molecular weight excluding hydrogens is 279 g/mol. The third-order valence-corrected chi connectivity index (χ3v) is 2.08. The number of ether oxygens (including phenoxy) is 2. The summed E-state index contributed by atoms with van der Waals surface area (Å²) < 4.78 is 10.3. The number of guanidine groups is 1. The molecule has 0 aliphatic carbocycles. The average molecular weight is 293 g/mol. The van der Waals surface area contributed by atoms with E-state index in [-0.39, 0.29) is 18.4 Å². The minimum absolute atomic E-state index is 0. The van der Waals surface area contributed by atoms with Gasteiger partial charge in [-0.1, -0.05) is 11.6 Å². The van der Waals surface area contributed by atoms with Gasteiger partial charge in [0.05, 0.1) is 20.4 Å². The highest BCUT2D eigenvalue weighted by atomic mass is 35.5. The second kappa shape index (κ2) is 7.62. The van der Waals surface area contributed by atoms with Crippen LogP contribution in [0.15, 0.2) is 17.2 Å². The molecule has 0 aliphatic heterocycles. The van der Waals surface area contributed by atoms with Crippen LogP contribution in [-0.4, -0.2) is 26.4 Å². The van der Waals surface area contributed by atoms with Crippen molar-refractivity contribution in [2.75, 3.05) is 14.2 Å². The molecule has 0 saturated heterocycles. The van der Waals surface area contributed by atoms with Gasteiger partial charge < -0.3 is 15.2 Å². The van der Waals surface area contributed by atoms with Gasteiger partial charge in [0.2, 0.25) is 5.96 Å². The van der Waals surface area contributed by atoms with E-state index in [0.29, 0.717) is 22.1 Å². The summed E-state index contributed by atoms with van der Waals surface area (Å²) in [6.07, 6.45) is 1.44. The number of hydrogen-bond donors (Lipinski definition) is 3. The van der Waals surface area contributed by atoms with Crippen LogP contribution in [0.3, 0.4) is 0 Å². The standard InChI is InChI=1S/C10H13ClN4O2.ClH/c1-16-8-4-7(11)3-6(9(8)17-2)5-14-15-10(12)13;/h3-5H,1-2H3,(H4,12,13,15);1H/b14-5+;.